The Morgan fingerprint density at radius 2 is 1.76 bits per heavy atom. The van der Waals surface area contributed by atoms with Gasteiger partial charge in [0.15, 0.2) is 0 Å². The van der Waals surface area contributed by atoms with Gasteiger partial charge in [-0.1, -0.05) is 6.92 Å². The van der Waals surface area contributed by atoms with E-state index in [4.69, 9.17) is 15.2 Å². The van der Waals surface area contributed by atoms with E-state index in [-0.39, 0.29) is 0 Å². The Labute approximate surface area is 140 Å². The third kappa shape index (κ3) is 3.47. The first-order chi connectivity index (χ1) is 9.96. The lowest BCUT2D eigenvalue weighted by molar-refractivity contribution is 0.408. The summed E-state index contributed by atoms with van der Waals surface area (Å²) >= 11 is 6.89. The molecule has 112 valence electrons. The molecule has 0 unspecified atom stereocenters. The Balaban J connectivity index is 2.43. The molecule has 0 aliphatic rings. The number of methoxy groups -OCH3 is 1. The first-order valence-electron chi connectivity index (χ1n) is 6.30. The van der Waals surface area contributed by atoms with Crippen molar-refractivity contribution in [3.05, 3.63) is 32.5 Å². The van der Waals surface area contributed by atoms with Crippen molar-refractivity contribution >= 4 is 37.7 Å². The fourth-order valence-electron chi connectivity index (χ4n) is 1.67. The molecule has 0 aliphatic heterocycles. The molecule has 0 saturated carbocycles. The molecule has 0 amide bonds. The lowest BCUT2D eigenvalue weighted by Crippen LogP contribution is -2.04. The predicted octanol–water partition coefficient (Wildman–Crippen LogP) is 4.26. The van der Waals surface area contributed by atoms with Crippen LogP contribution in [-0.2, 0) is 6.42 Å². The quantitative estimate of drug-likeness (QED) is 0.806. The van der Waals surface area contributed by atoms with Gasteiger partial charge in [0.25, 0.3) is 0 Å². The Morgan fingerprint density at radius 1 is 1.14 bits per heavy atom. The van der Waals surface area contributed by atoms with Crippen LogP contribution >= 0.6 is 31.9 Å². The summed E-state index contributed by atoms with van der Waals surface area (Å²) in [6.07, 6.45) is 0.689. The van der Waals surface area contributed by atoms with E-state index in [0.717, 1.165) is 8.95 Å². The van der Waals surface area contributed by atoms with Crippen molar-refractivity contribution in [2.24, 2.45) is 0 Å². The number of ether oxygens (including phenoxy) is 2. The van der Waals surface area contributed by atoms with E-state index in [2.05, 4.69) is 41.8 Å². The van der Waals surface area contributed by atoms with Crippen molar-refractivity contribution in [1.82, 2.24) is 9.97 Å². The summed E-state index contributed by atoms with van der Waals surface area (Å²) in [7, 11) is 1.61. The van der Waals surface area contributed by atoms with Gasteiger partial charge in [-0.25, -0.2) is 4.98 Å². The van der Waals surface area contributed by atoms with Gasteiger partial charge in [-0.3, -0.25) is 0 Å². The van der Waals surface area contributed by atoms with Crippen molar-refractivity contribution < 1.29 is 9.47 Å². The number of benzene rings is 1. The Morgan fingerprint density at radius 3 is 2.38 bits per heavy atom. The molecule has 0 aliphatic carbocycles. The average molecular weight is 417 g/mol. The molecule has 1 heterocycles. The van der Waals surface area contributed by atoms with Crippen molar-refractivity contribution in [3.63, 3.8) is 0 Å². The van der Waals surface area contributed by atoms with Gasteiger partial charge in [-0.2, -0.15) is 4.98 Å². The average Bonchev–Trinajstić information content (AvgIpc) is 2.46. The smallest absolute Gasteiger partial charge is 0.227 e. The number of aryl methyl sites for hydroxylation is 1. The Kier molecular flexibility index (Phi) is 5.05. The van der Waals surface area contributed by atoms with Gasteiger partial charge in [0, 0.05) is 6.42 Å². The van der Waals surface area contributed by atoms with Crippen LogP contribution in [0.5, 0.6) is 17.4 Å². The van der Waals surface area contributed by atoms with E-state index in [1.165, 1.54) is 0 Å². The zero-order chi connectivity index (χ0) is 15.6. The standard InChI is InChI=1S/C14H15Br2N3O2/c1-4-12-18-13(17)7(2)14(19-12)21-11-6-8(15)10(20-3)5-9(11)16/h5-6H,4H2,1-3H3,(H2,17,18,19). The Bertz CT molecular complexity index is 678. The number of anilines is 1. The van der Waals surface area contributed by atoms with Gasteiger partial charge >= 0.3 is 0 Å². The van der Waals surface area contributed by atoms with Gasteiger partial charge in [-0.05, 0) is 50.9 Å². The van der Waals surface area contributed by atoms with Gasteiger partial charge < -0.3 is 15.2 Å². The zero-order valence-electron chi connectivity index (χ0n) is 11.9. The SMILES string of the molecule is CCc1nc(N)c(C)c(Oc2cc(Br)c(OC)cc2Br)n1. The molecule has 0 atom stereocenters. The first-order valence-corrected chi connectivity index (χ1v) is 7.88. The zero-order valence-corrected chi connectivity index (χ0v) is 15.1. The van der Waals surface area contributed by atoms with E-state index >= 15 is 0 Å². The van der Waals surface area contributed by atoms with Crippen LogP contribution in [0.25, 0.3) is 0 Å². The number of nitrogens with two attached hydrogens (primary N) is 1. The second-order valence-corrected chi connectivity index (χ2v) is 6.04. The minimum absolute atomic E-state index is 0.431. The third-order valence-corrected chi connectivity index (χ3v) is 4.15. The number of halogens is 2. The number of rotatable bonds is 4. The highest BCUT2D eigenvalue weighted by Gasteiger charge is 2.14. The fraction of sp³-hybridized carbons (Fsp3) is 0.286. The summed E-state index contributed by atoms with van der Waals surface area (Å²) in [4.78, 5) is 8.59. The number of nitrogens with zero attached hydrogens (tertiary/aromatic N) is 2. The van der Waals surface area contributed by atoms with Crippen LogP contribution in [0.2, 0.25) is 0 Å². The van der Waals surface area contributed by atoms with Crippen molar-refractivity contribution in [1.29, 1.82) is 0 Å². The van der Waals surface area contributed by atoms with Gasteiger partial charge in [-0.15, -0.1) is 0 Å². The second-order valence-electron chi connectivity index (χ2n) is 4.33. The molecule has 2 rings (SSSR count). The maximum Gasteiger partial charge on any atom is 0.227 e. The topological polar surface area (TPSA) is 70.3 Å². The normalized spacial score (nSPS) is 10.5. The van der Waals surface area contributed by atoms with Gasteiger partial charge in [0.2, 0.25) is 5.88 Å². The maximum atomic E-state index is 5.89. The van der Waals surface area contributed by atoms with E-state index in [9.17, 15) is 0 Å². The van der Waals surface area contributed by atoms with E-state index < -0.39 is 0 Å². The largest absolute Gasteiger partial charge is 0.496 e. The minimum Gasteiger partial charge on any atom is -0.496 e. The maximum absolute atomic E-state index is 5.89. The van der Waals surface area contributed by atoms with Crippen LogP contribution in [0.4, 0.5) is 5.82 Å². The monoisotopic (exact) mass is 415 g/mol. The van der Waals surface area contributed by atoms with Gasteiger partial charge in [0.1, 0.15) is 23.1 Å². The summed E-state index contributed by atoms with van der Waals surface area (Å²) in [5.41, 5.74) is 6.61. The molecule has 1 aromatic heterocycles. The highest BCUT2D eigenvalue weighted by Crippen LogP contribution is 2.38. The lowest BCUT2D eigenvalue weighted by atomic mass is 10.3. The van der Waals surface area contributed by atoms with E-state index in [1.807, 2.05) is 26.0 Å². The lowest BCUT2D eigenvalue weighted by Gasteiger charge is -2.13. The van der Waals surface area contributed by atoms with Gasteiger partial charge in [0.05, 0.1) is 21.6 Å². The van der Waals surface area contributed by atoms with Crippen molar-refractivity contribution in [2.75, 3.05) is 12.8 Å². The number of nitrogen functional groups attached to an aromatic ring is 1. The van der Waals surface area contributed by atoms with Crippen LogP contribution in [0.3, 0.4) is 0 Å². The van der Waals surface area contributed by atoms with Crippen LogP contribution in [-0.4, -0.2) is 17.1 Å². The molecule has 0 spiro atoms. The van der Waals surface area contributed by atoms with Crippen LogP contribution in [0.1, 0.15) is 18.3 Å². The third-order valence-electron chi connectivity index (χ3n) is 2.91. The molecule has 5 nitrogen and oxygen atoms in total. The summed E-state index contributed by atoms with van der Waals surface area (Å²) < 4.78 is 12.7. The number of aromatic nitrogens is 2. The highest BCUT2D eigenvalue weighted by atomic mass is 79.9. The molecule has 0 saturated heterocycles. The van der Waals surface area contributed by atoms with E-state index in [0.29, 0.717) is 41.0 Å². The fourth-order valence-corrected chi connectivity index (χ4v) is 2.55. The van der Waals surface area contributed by atoms with Crippen LogP contribution in [0, 0.1) is 6.92 Å². The molecular weight excluding hydrogens is 402 g/mol. The highest BCUT2D eigenvalue weighted by molar-refractivity contribution is 9.11. The van der Waals surface area contributed by atoms with Crippen LogP contribution < -0.4 is 15.2 Å². The molecule has 1 aromatic carbocycles. The summed E-state index contributed by atoms with van der Waals surface area (Å²) in [6.45, 7) is 3.80. The summed E-state index contributed by atoms with van der Waals surface area (Å²) in [6, 6.07) is 3.63. The van der Waals surface area contributed by atoms with Crippen molar-refractivity contribution in [2.45, 2.75) is 20.3 Å². The molecule has 2 N–H and O–H groups in total. The molecule has 2 aromatic rings. The summed E-state index contributed by atoms with van der Waals surface area (Å²) in [5, 5.41) is 0. The molecule has 7 heteroatoms. The van der Waals surface area contributed by atoms with Crippen LogP contribution in [0.15, 0.2) is 21.1 Å². The van der Waals surface area contributed by atoms with E-state index in [1.54, 1.807) is 7.11 Å². The molecule has 0 fully saturated rings. The number of hydrogen-bond donors (Lipinski definition) is 1. The Hall–Kier alpha value is -1.34. The molecule has 0 radical (unpaired) electrons. The predicted molar refractivity (Wildman–Crippen MR) is 89.0 cm³/mol. The minimum atomic E-state index is 0.431. The number of hydrogen-bond acceptors (Lipinski definition) is 5. The molecular formula is C14H15Br2N3O2. The first kappa shape index (κ1) is 16.0. The van der Waals surface area contributed by atoms with Crippen molar-refractivity contribution in [3.8, 4) is 17.4 Å². The summed E-state index contributed by atoms with van der Waals surface area (Å²) in [5.74, 6) is 2.86. The molecule has 0 bridgehead atoms. The second kappa shape index (κ2) is 6.62. The molecule has 21 heavy (non-hydrogen) atoms.